The molecule has 2 heterocycles. The smallest absolute Gasteiger partial charge is 0.341 e. The number of esters is 2. The molecule has 37 heavy (non-hydrogen) atoms. The van der Waals surface area contributed by atoms with Gasteiger partial charge in [0, 0.05) is 36.2 Å². The van der Waals surface area contributed by atoms with Crippen LogP contribution < -0.4 is 11.1 Å². The molecule has 192 valence electrons. The van der Waals surface area contributed by atoms with E-state index in [0.717, 1.165) is 11.4 Å². The number of halogens is 1. The number of anilines is 3. The van der Waals surface area contributed by atoms with E-state index >= 15 is 0 Å². The van der Waals surface area contributed by atoms with Crippen LogP contribution >= 0.6 is 11.6 Å². The van der Waals surface area contributed by atoms with Crippen LogP contribution in [0.2, 0.25) is 5.28 Å². The lowest BCUT2D eigenvalue weighted by molar-refractivity contribution is 0.0515. The Labute approximate surface area is 219 Å². The van der Waals surface area contributed by atoms with Gasteiger partial charge < -0.3 is 20.5 Å². The highest BCUT2D eigenvalue weighted by Crippen LogP contribution is 2.11. The van der Waals surface area contributed by atoms with Crippen molar-refractivity contribution in [3.05, 3.63) is 102 Å². The lowest BCUT2D eigenvalue weighted by Crippen LogP contribution is -2.06. The zero-order valence-corrected chi connectivity index (χ0v) is 21.1. The molecule has 0 spiro atoms. The number of carbonyl (C=O) groups is 2. The minimum Gasteiger partial charge on any atom is -0.462 e. The average Bonchev–Trinajstić information content (AvgIpc) is 2.92. The van der Waals surface area contributed by atoms with E-state index < -0.39 is 11.9 Å². The first-order valence-electron chi connectivity index (χ1n) is 11.2. The summed E-state index contributed by atoms with van der Waals surface area (Å²) in [7, 11) is 0. The number of ether oxygens (including phenoxy) is 2. The molecule has 0 saturated carbocycles. The molecular formula is C26H27ClN6O4. The molecular weight excluding hydrogens is 496 g/mol. The number of nitrogen functional groups attached to an aromatic ring is 1. The van der Waals surface area contributed by atoms with E-state index in [1.54, 1.807) is 13.8 Å². The summed E-state index contributed by atoms with van der Waals surface area (Å²) in [6.07, 6.45) is 5.53. The summed E-state index contributed by atoms with van der Waals surface area (Å²) in [6, 6.07) is 19.0. The molecule has 0 unspecified atom stereocenters. The Bertz CT molecular complexity index is 1210. The summed E-state index contributed by atoms with van der Waals surface area (Å²) in [4.78, 5) is 37.8. The predicted molar refractivity (Wildman–Crippen MR) is 142 cm³/mol. The first-order chi connectivity index (χ1) is 17.9. The third-order valence-electron chi connectivity index (χ3n) is 4.12. The van der Waals surface area contributed by atoms with Gasteiger partial charge in [-0.1, -0.05) is 36.4 Å². The van der Waals surface area contributed by atoms with Crippen molar-refractivity contribution < 1.29 is 19.1 Å². The lowest BCUT2D eigenvalue weighted by Gasteiger charge is -2.05. The number of nitrogens with zero attached hydrogens (tertiary/aromatic N) is 4. The Morgan fingerprint density at radius 2 is 1.19 bits per heavy atom. The Morgan fingerprint density at radius 3 is 1.59 bits per heavy atom. The largest absolute Gasteiger partial charge is 0.462 e. The highest BCUT2D eigenvalue weighted by atomic mass is 35.5. The van der Waals surface area contributed by atoms with Crippen LogP contribution in [0.1, 0.15) is 34.6 Å². The maximum absolute atomic E-state index is 11.4. The van der Waals surface area contributed by atoms with Gasteiger partial charge in [-0.15, -0.1) is 0 Å². The van der Waals surface area contributed by atoms with Crippen molar-refractivity contribution in [2.75, 3.05) is 24.3 Å². The van der Waals surface area contributed by atoms with Crippen molar-refractivity contribution in [1.82, 2.24) is 19.9 Å². The molecule has 0 atom stereocenters. The Balaban J connectivity index is 0.000000217. The van der Waals surface area contributed by atoms with Gasteiger partial charge in [0.2, 0.25) is 11.2 Å². The number of benzene rings is 2. The molecule has 0 aliphatic heterocycles. The predicted octanol–water partition coefficient (Wildman–Crippen LogP) is 4.97. The second kappa shape index (κ2) is 16.2. The number of carbonyl (C=O) groups excluding carboxylic acids is 2. The highest BCUT2D eigenvalue weighted by Gasteiger charge is 2.08. The zero-order valence-electron chi connectivity index (χ0n) is 20.4. The van der Waals surface area contributed by atoms with Crippen molar-refractivity contribution in [3.8, 4) is 0 Å². The van der Waals surface area contributed by atoms with E-state index in [4.69, 9.17) is 26.8 Å². The van der Waals surface area contributed by atoms with Crippen LogP contribution in [0.15, 0.2) is 85.5 Å². The molecule has 0 amide bonds. The number of aromatic nitrogens is 4. The summed E-state index contributed by atoms with van der Waals surface area (Å²) in [6.45, 7) is 4.16. The van der Waals surface area contributed by atoms with Gasteiger partial charge in [0.25, 0.3) is 0 Å². The van der Waals surface area contributed by atoms with Crippen molar-refractivity contribution in [1.29, 1.82) is 0 Å². The number of hydrogen-bond donors (Lipinski definition) is 2. The van der Waals surface area contributed by atoms with Gasteiger partial charge in [0.15, 0.2) is 0 Å². The molecule has 3 N–H and O–H groups in total. The quantitative estimate of drug-likeness (QED) is 0.202. The summed E-state index contributed by atoms with van der Waals surface area (Å²) < 4.78 is 9.55. The highest BCUT2D eigenvalue weighted by molar-refractivity contribution is 6.28. The van der Waals surface area contributed by atoms with Crippen molar-refractivity contribution in [2.45, 2.75) is 13.8 Å². The maximum atomic E-state index is 11.4. The molecule has 2 aromatic carbocycles. The Morgan fingerprint density at radius 1 is 0.757 bits per heavy atom. The van der Waals surface area contributed by atoms with E-state index in [0.29, 0.717) is 30.3 Å². The van der Waals surface area contributed by atoms with E-state index in [-0.39, 0.29) is 5.28 Å². The standard InChI is InChI=1S/C13H13N3O2.C7H7ClN2O2.C6H7N/c1-2-18-12(17)10-8-14-13(15-9-10)16-11-6-4-3-5-7-11;1-2-12-6(11)5-3-9-7(8)10-4-5;7-6-4-2-1-3-5-6/h3-9H,2H2,1H3,(H,14,15,16);3-4H,2H2,1H3;1-5H,7H2. The van der Waals surface area contributed by atoms with Crippen molar-refractivity contribution >= 4 is 40.9 Å². The average molecular weight is 523 g/mol. The normalized spacial score (nSPS) is 9.49. The summed E-state index contributed by atoms with van der Waals surface area (Å²) in [5.41, 5.74) is 7.72. The van der Waals surface area contributed by atoms with Gasteiger partial charge in [-0.05, 0) is 49.7 Å². The summed E-state index contributed by atoms with van der Waals surface area (Å²) >= 11 is 5.42. The fourth-order valence-electron chi connectivity index (χ4n) is 2.45. The Kier molecular flexibility index (Phi) is 12.5. The van der Waals surface area contributed by atoms with Gasteiger partial charge in [0.05, 0.1) is 24.3 Å². The molecule has 4 aromatic rings. The molecule has 11 heteroatoms. The zero-order chi connectivity index (χ0) is 26.9. The Hall–Kier alpha value is -4.57. The third kappa shape index (κ3) is 11.1. The molecule has 0 fully saturated rings. The first-order valence-corrected chi connectivity index (χ1v) is 11.6. The molecule has 0 bridgehead atoms. The second-order valence-electron chi connectivity index (χ2n) is 6.88. The fourth-order valence-corrected chi connectivity index (χ4v) is 2.55. The van der Waals surface area contributed by atoms with Gasteiger partial charge in [-0.2, -0.15) is 0 Å². The van der Waals surface area contributed by atoms with E-state index in [1.807, 2.05) is 60.7 Å². The van der Waals surface area contributed by atoms with Gasteiger partial charge in [0.1, 0.15) is 0 Å². The molecule has 0 saturated heterocycles. The minimum absolute atomic E-state index is 0.114. The lowest BCUT2D eigenvalue weighted by atomic mass is 10.3. The number of nitrogens with one attached hydrogen (secondary N) is 1. The molecule has 0 aliphatic rings. The van der Waals surface area contributed by atoms with Crippen LogP contribution in [0.25, 0.3) is 0 Å². The van der Waals surface area contributed by atoms with Crippen LogP contribution in [-0.2, 0) is 9.47 Å². The number of rotatable bonds is 6. The van der Waals surface area contributed by atoms with Crippen LogP contribution in [0, 0.1) is 0 Å². The van der Waals surface area contributed by atoms with Crippen molar-refractivity contribution in [3.63, 3.8) is 0 Å². The first kappa shape index (κ1) is 28.7. The van der Waals surface area contributed by atoms with Crippen LogP contribution in [-0.4, -0.2) is 45.1 Å². The topological polar surface area (TPSA) is 142 Å². The maximum Gasteiger partial charge on any atom is 0.341 e. The molecule has 0 radical (unpaired) electrons. The van der Waals surface area contributed by atoms with E-state index in [9.17, 15) is 9.59 Å². The fraction of sp³-hybridized carbons (Fsp3) is 0.154. The van der Waals surface area contributed by atoms with Crippen molar-refractivity contribution in [2.24, 2.45) is 0 Å². The number of hydrogen-bond acceptors (Lipinski definition) is 10. The molecule has 4 rings (SSSR count). The summed E-state index contributed by atoms with van der Waals surface area (Å²) in [5.74, 6) is -0.410. The summed E-state index contributed by atoms with van der Waals surface area (Å²) in [5, 5.41) is 3.14. The molecule has 10 nitrogen and oxygen atoms in total. The third-order valence-corrected chi connectivity index (χ3v) is 4.32. The van der Waals surface area contributed by atoms with Crippen LogP contribution in [0.3, 0.4) is 0 Å². The minimum atomic E-state index is -0.436. The molecule has 0 aliphatic carbocycles. The van der Waals surface area contributed by atoms with Gasteiger partial charge in [-0.3, -0.25) is 0 Å². The number of para-hydroxylation sites is 2. The second-order valence-corrected chi connectivity index (χ2v) is 7.22. The number of nitrogens with two attached hydrogens (primary N) is 1. The molecule has 2 aromatic heterocycles. The van der Waals surface area contributed by atoms with Crippen LogP contribution in [0.5, 0.6) is 0 Å². The van der Waals surface area contributed by atoms with Gasteiger partial charge >= 0.3 is 11.9 Å². The van der Waals surface area contributed by atoms with Gasteiger partial charge in [-0.25, -0.2) is 29.5 Å². The van der Waals surface area contributed by atoms with E-state index in [1.165, 1.54) is 24.8 Å². The monoisotopic (exact) mass is 522 g/mol. The van der Waals surface area contributed by atoms with E-state index in [2.05, 4.69) is 25.3 Å². The van der Waals surface area contributed by atoms with Crippen LogP contribution in [0.4, 0.5) is 17.3 Å². The SMILES string of the molecule is CCOC(=O)c1cnc(Cl)nc1.CCOC(=O)c1cnc(Nc2ccccc2)nc1.Nc1ccccc1.